The Morgan fingerprint density at radius 3 is 1.22 bits per heavy atom. The van der Waals surface area contributed by atoms with Crippen molar-refractivity contribution >= 4 is 176 Å². The number of nitrogen functional groups attached to an aromatic ring is 1. The number of aldehydes is 1. The van der Waals surface area contributed by atoms with Gasteiger partial charge in [0.1, 0.15) is 41.4 Å². The van der Waals surface area contributed by atoms with Gasteiger partial charge in [-0.15, -0.1) is 12.4 Å². The Hall–Kier alpha value is -11.6. The van der Waals surface area contributed by atoms with Gasteiger partial charge in [-0.05, 0) is 243 Å². The second kappa shape index (κ2) is 43.2. The maximum Gasteiger partial charge on any atom is 1.00 e. The third-order valence-corrected chi connectivity index (χ3v) is 23.6. The first-order chi connectivity index (χ1) is 61.9. The van der Waals surface area contributed by atoms with E-state index in [1.54, 1.807) is 182 Å². The van der Waals surface area contributed by atoms with E-state index < -0.39 is 60.5 Å². The standard InChI is InChI=1S/C24H24N4O5S.C19H16N4O3S.C17H19BrN4O3S.C13H13BrN2O3S.C7H7BO4.C4H5N2.C4H8O.Li/c1-24(2,3)33-23(30)27-22-26-20-15(13-5-6-17-18(10-13)32-12-31-17)9-14(11-19(20)34-22)21(29)16-7-8-25-28(16)4;1-23-13(4-5-21-23)18(24)11-6-12(17-16(8-11)27-19(20)22-17)10-2-3-14-15(7-10)26-9-25-14;1-17(2,3)25-16(24)21-15-20-13-10(18)7-9(8-12(13)26-15)14(23)11-5-6-19-22(11)4;1-13(2,3)19-12(18)16-11-15-10-8(14)4-7(6-17)5-9(10)20-11;9-8(10)5-1-2-6-7(3-5)12-4-11-6;1-6-4-2-3-5-6;1-2-4-5-3-1;/h5-11,21,29H,12H2,1-4H3,(H,26,27,30);2-8,18,24H,9H2,1H3,(H2,20,22);5-8,14,23H,1-4H3,(H,20,21,24);4-6H,1-3H3,(H,15,16,18);1-3,9-10H,4H2;2-3H,1H3;1-4H2;/q;;;;;-1;;+1. The van der Waals surface area contributed by atoms with Gasteiger partial charge < -0.3 is 83.2 Å². The molecular weight excluding hydrogens is 1890 g/mol. The van der Waals surface area contributed by atoms with Crippen LogP contribution in [0, 0.1) is 6.20 Å². The minimum absolute atomic E-state index is 0. The molecule has 4 aliphatic rings. The number of rotatable bonds is 13. The molecule has 680 valence electrons. The summed E-state index contributed by atoms with van der Waals surface area (Å²) in [5.41, 5.74) is 15.7. The van der Waals surface area contributed by atoms with Crippen LogP contribution in [0.25, 0.3) is 63.1 Å². The molecule has 15 aromatic rings. The molecule has 3 amide bonds. The van der Waals surface area contributed by atoms with Crippen molar-refractivity contribution in [1.29, 1.82) is 0 Å². The third kappa shape index (κ3) is 26.0. The Bertz CT molecular complexity index is 6530. The zero-order valence-electron chi connectivity index (χ0n) is 73.6. The third-order valence-electron chi connectivity index (χ3n) is 18.8. The van der Waals surface area contributed by atoms with Crippen molar-refractivity contribution in [3.63, 3.8) is 0 Å². The molecule has 131 heavy (non-hydrogen) atoms. The number of nitrogens with one attached hydrogen (secondary N) is 3. The first kappa shape index (κ1) is 98.4. The van der Waals surface area contributed by atoms with Crippen LogP contribution in [0.4, 0.5) is 34.9 Å². The van der Waals surface area contributed by atoms with Crippen molar-refractivity contribution in [2.75, 3.05) is 55.3 Å². The van der Waals surface area contributed by atoms with Crippen molar-refractivity contribution in [3.8, 4) is 56.8 Å². The van der Waals surface area contributed by atoms with E-state index in [0.717, 1.165) is 81.9 Å². The number of thiazole rings is 4. The van der Waals surface area contributed by atoms with E-state index in [4.69, 9.17) is 63.2 Å². The van der Waals surface area contributed by atoms with E-state index >= 15 is 0 Å². The molecule has 7 aromatic carbocycles. The molecule has 3 unspecified atom stereocenters. The fourth-order valence-electron chi connectivity index (χ4n) is 12.9. The SMILES string of the molecule is C1CCOC1.CC(C)(C)OC(=O)Nc1nc2c(Br)cc(C=O)cc2s1.Cn1[c-]ccn1.Cn1nccc1C(O)c1cc(-c2ccc3c(c2)OCO3)c2nc(N)sc2c1.Cn1nccc1C(O)c1cc(-c2ccc3c(c2)OCO3)c2nc(NC(=O)OC(C)(C)C)sc2c1.Cn1nccc1C(O)c1cc(Br)c2nc(NC(=O)OC(C)(C)C)sc2c1.OB(O)c1ccc2c(c1)OCO2.[Li+]. The minimum Gasteiger partial charge on any atom is -0.454 e. The number of aliphatic hydroxyl groups is 3. The van der Waals surface area contributed by atoms with Gasteiger partial charge in [-0.25, -0.2) is 34.3 Å². The fourth-order valence-corrected chi connectivity index (χ4v) is 17.9. The van der Waals surface area contributed by atoms with E-state index in [1.165, 1.54) is 58.2 Å². The Morgan fingerprint density at radius 2 is 0.855 bits per heavy atom. The summed E-state index contributed by atoms with van der Waals surface area (Å²) < 4.78 is 64.1. The van der Waals surface area contributed by atoms with E-state index in [-0.39, 0.29) is 39.2 Å². The number of nitrogens with zero attached hydrogens (tertiary/aromatic N) is 12. The van der Waals surface area contributed by atoms with Crippen molar-refractivity contribution in [3.05, 3.63) is 207 Å². The second-order valence-corrected chi connectivity index (χ2v) is 37.9. The van der Waals surface area contributed by atoms with Gasteiger partial charge in [0.15, 0.2) is 55.0 Å². The summed E-state index contributed by atoms with van der Waals surface area (Å²) in [6.07, 6.45) is 8.58. The monoisotopic (exact) mass is 1980 g/mol. The van der Waals surface area contributed by atoms with Crippen LogP contribution in [0.3, 0.4) is 0 Å². The Morgan fingerprint density at radius 1 is 0.481 bits per heavy atom. The number of nitrogens with two attached hydrogens (primary N) is 1. The van der Waals surface area contributed by atoms with Crippen LogP contribution in [0.1, 0.15) is 138 Å². The average Bonchev–Trinajstić information content (AvgIpc) is 1.66. The number of fused-ring (bicyclic) bond motifs is 7. The van der Waals surface area contributed by atoms with Gasteiger partial charge in [0.2, 0.25) is 20.4 Å². The Kier molecular flexibility index (Phi) is 32.4. The number of ether oxygens (including phenoxy) is 10. The summed E-state index contributed by atoms with van der Waals surface area (Å²) in [5.74, 6) is 3.93. The number of carbonyl (C=O) groups excluding carboxylic acids is 4. The molecule has 1 saturated heterocycles. The molecular formula is C88H92BBr2LiN16O19S4. The number of benzene rings is 7. The maximum absolute atomic E-state index is 12.3. The quantitative estimate of drug-likeness (QED) is 0.0224. The van der Waals surface area contributed by atoms with Gasteiger partial charge in [-0.2, -0.15) is 21.4 Å². The molecule has 19 rings (SSSR count). The molecule has 10 N–H and O–H groups in total. The predicted octanol–water partition coefficient (Wildman–Crippen LogP) is 13.5. The van der Waals surface area contributed by atoms with Crippen molar-refractivity contribution in [2.45, 2.75) is 110 Å². The zero-order valence-corrected chi connectivity index (χ0v) is 80.0. The number of carbonyl (C=O) groups is 4. The molecule has 1 fully saturated rings. The summed E-state index contributed by atoms with van der Waals surface area (Å²) in [6, 6.07) is 38.0. The number of halogens is 2. The van der Waals surface area contributed by atoms with Gasteiger partial charge in [0, 0.05) is 85.6 Å². The number of aliphatic hydroxyl groups excluding tert-OH is 3. The summed E-state index contributed by atoms with van der Waals surface area (Å²) in [4.78, 5) is 64.6. The molecule has 8 aromatic heterocycles. The zero-order chi connectivity index (χ0) is 93.0. The Labute approximate surface area is 796 Å². The number of anilines is 4. The number of amides is 3. The second-order valence-electron chi connectivity index (χ2n) is 32.0. The largest absolute Gasteiger partial charge is 1.00 e. The molecule has 0 spiro atoms. The predicted molar refractivity (Wildman–Crippen MR) is 503 cm³/mol. The van der Waals surface area contributed by atoms with Crippen LogP contribution in [0.15, 0.2) is 161 Å². The molecule has 3 atom stereocenters. The summed E-state index contributed by atoms with van der Waals surface area (Å²) in [5, 5.41) is 76.2. The minimum atomic E-state index is -1.46. The smallest absolute Gasteiger partial charge is 0.454 e. The normalized spacial score (nSPS) is 13.3. The van der Waals surface area contributed by atoms with Gasteiger partial charge in [-0.3, -0.25) is 39.9 Å². The van der Waals surface area contributed by atoms with Gasteiger partial charge >= 0.3 is 44.3 Å². The number of aryl methyl sites for hydroxylation is 4. The van der Waals surface area contributed by atoms with Crippen LogP contribution in [-0.4, -0.2) is 167 Å². The van der Waals surface area contributed by atoms with Crippen LogP contribution in [-0.2, 0) is 47.1 Å². The first-order valence-electron chi connectivity index (χ1n) is 40.1. The summed E-state index contributed by atoms with van der Waals surface area (Å²) in [6.45, 7) is 18.8. The average molecular weight is 1980 g/mol. The van der Waals surface area contributed by atoms with Gasteiger partial charge in [-0.1, -0.05) is 63.5 Å². The van der Waals surface area contributed by atoms with Crippen LogP contribution >= 0.6 is 77.2 Å². The summed E-state index contributed by atoms with van der Waals surface area (Å²) in [7, 11) is 5.74. The van der Waals surface area contributed by atoms with Crippen molar-refractivity contribution < 1.29 is 111 Å². The van der Waals surface area contributed by atoms with Crippen LogP contribution in [0.2, 0.25) is 0 Å². The molecule has 4 aliphatic heterocycles. The number of hydrogen-bond acceptors (Lipinski definition) is 32. The summed E-state index contributed by atoms with van der Waals surface area (Å²) >= 11 is 12.1. The fraction of sp³-hybridized carbons (Fsp3) is 0.295. The van der Waals surface area contributed by atoms with Crippen LogP contribution < -0.4 is 74.4 Å². The first-order valence-corrected chi connectivity index (χ1v) is 45.0. The van der Waals surface area contributed by atoms with E-state index in [9.17, 15) is 34.5 Å². The molecule has 0 radical (unpaired) electrons. The number of aromatic nitrogens is 12. The van der Waals surface area contributed by atoms with E-state index in [2.05, 4.69) is 94.3 Å². The molecule has 43 heteroatoms. The van der Waals surface area contributed by atoms with E-state index in [0.29, 0.717) is 110 Å². The van der Waals surface area contributed by atoms with Gasteiger partial charge in [0.25, 0.3) is 0 Å². The van der Waals surface area contributed by atoms with Crippen molar-refractivity contribution in [1.82, 2.24) is 59.1 Å². The van der Waals surface area contributed by atoms with Crippen LogP contribution in [0.5, 0.6) is 34.5 Å². The molecule has 0 bridgehead atoms. The molecule has 35 nitrogen and oxygen atoms in total. The van der Waals surface area contributed by atoms with Gasteiger partial charge in [0.05, 0.1) is 57.9 Å². The topological polar surface area (TPSA) is 447 Å². The maximum atomic E-state index is 12.3. The molecule has 0 aliphatic carbocycles. The molecule has 12 heterocycles. The van der Waals surface area contributed by atoms with E-state index in [1.807, 2.05) is 79.8 Å². The number of hydrogen-bond donors (Lipinski definition) is 9. The van der Waals surface area contributed by atoms with Crippen molar-refractivity contribution in [2.24, 2.45) is 28.2 Å². The Balaban J connectivity index is 0.000000147. The molecule has 0 saturated carbocycles.